The summed E-state index contributed by atoms with van der Waals surface area (Å²) in [5.41, 5.74) is 2.63. The number of hydrogen-bond acceptors (Lipinski definition) is 5. The molecule has 0 atom stereocenters. The first-order chi connectivity index (χ1) is 9.60. The van der Waals surface area contributed by atoms with Gasteiger partial charge in [-0.25, -0.2) is 4.99 Å². The molecule has 0 bridgehead atoms. The third-order valence-electron chi connectivity index (χ3n) is 2.64. The number of nitrogens with zero attached hydrogens (tertiary/aromatic N) is 2. The molecule has 1 aliphatic rings. The topological polar surface area (TPSA) is 32.7 Å². The Morgan fingerprint density at radius 3 is 2.65 bits per heavy atom. The minimum absolute atomic E-state index is 0.00764. The number of anilines is 1. The molecule has 0 radical (unpaired) electrons. The lowest BCUT2D eigenvalue weighted by Crippen LogP contribution is -2.07. The van der Waals surface area contributed by atoms with Crippen LogP contribution in [-0.4, -0.2) is 29.3 Å². The van der Waals surface area contributed by atoms with Gasteiger partial charge in [-0.15, -0.1) is 6.58 Å². The van der Waals surface area contributed by atoms with Gasteiger partial charge in [-0.05, 0) is 35.5 Å². The van der Waals surface area contributed by atoms with Crippen LogP contribution in [0.3, 0.4) is 0 Å². The minimum Gasteiger partial charge on any atom is -0.378 e. The molecule has 0 N–H and O–H groups in total. The van der Waals surface area contributed by atoms with E-state index < -0.39 is 0 Å². The molecule has 0 aliphatic carbocycles. The van der Waals surface area contributed by atoms with Gasteiger partial charge in [-0.3, -0.25) is 4.79 Å². The van der Waals surface area contributed by atoms with Crippen molar-refractivity contribution in [3.05, 3.63) is 48.2 Å². The van der Waals surface area contributed by atoms with Crippen LogP contribution < -0.4 is 4.90 Å². The van der Waals surface area contributed by atoms with E-state index >= 15 is 0 Å². The van der Waals surface area contributed by atoms with E-state index in [0.717, 1.165) is 21.4 Å². The number of benzene rings is 1. The molecule has 0 aromatic heterocycles. The zero-order chi connectivity index (χ0) is 14.5. The molecule has 104 valence electrons. The van der Waals surface area contributed by atoms with Crippen molar-refractivity contribution in [3.63, 3.8) is 0 Å². The maximum atomic E-state index is 11.9. The second-order valence-electron chi connectivity index (χ2n) is 4.38. The second-order valence-corrected chi connectivity index (χ2v) is 6.61. The summed E-state index contributed by atoms with van der Waals surface area (Å²) in [6.45, 7) is 3.66. The van der Waals surface area contributed by atoms with E-state index in [0.29, 0.717) is 5.70 Å². The van der Waals surface area contributed by atoms with Crippen LogP contribution in [0.25, 0.3) is 6.08 Å². The Morgan fingerprint density at radius 1 is 1.35 bits per heavy atom. The monoisotopic (exact) mass is 304 g/mol. The summed E-state index contributed by atoms with van der Waals surface area (Å²) in [5.74, 6) is 0.768. The maximum absolute atomic E-state index is 11.9. The van der Waals surface area contributed by atoms with Gasteiger partial charge >= 0.3 is 0 Å². The highest BCUT2D eigenvalue weighted by atomic mass is 32.2. The van der Waals surface area contributed by atoms with Crippen LogP contribution in [0.1, 0.15) is 5.56 Å². The molecule has 0 fully saturated rings. The normalized spacial score (nSPS) is 16.4. The third kappa shape index (κ3) is 3.77. The molecule has 3 nitrogen and oxygen atoms in total. The molecule has 0 amide bonds. The number of rotatable bonds is 4. The number of hydrogen-bond donors (Lipinski definition) is 0. The van der Waals surface area contributed by atoms with E-state index in [2.05, 4.69) is 11.6 Å². The fraction of sp³-hybridized carbons (Fsp3) is 0.200. The molecule has 1 aromatic rings. The molecule has 20 heavy (non-hydrogen) atoms. The summed E-state index contributed by atoms with van der Waals surface area (Å²) < 4.78 is 0.797. The first-order valence-corrected chi connectivity index (χ1v) is 7.94. The first-order valence-electron chi connectivity index (χ1n) is 6.14. The summed E-state index contributed by atoms with van der Waals surface area (Å²) in [5, 5.41) is 0.00764. The van der Waals surface area contributed by atoms with E-state index in [-0.39, 0.29) is 5.12 Å². The Hall–Kier alpha value is -1.46. The Morgan fingerprint density at radius 2 is 2.05 bits per heavy atom. The van der Waals surface area contributed by atoms with Gasteiger partial charge in [-0.2, -0.15) is 0 Å². The van der Waals surface area contributed by atoms with E-state index in [9.17, 15) is 4.79 Å². The standard InChI is InChI=1S/C15H16N2OS2/c1-4-9-19-15-16-13(14(18)20-15)10-11-5-7-12(8-6-11)17(2)3/h4-8,10H,1,9H2,2-3H3/b13-10-. The zero-order valence-corrected chi connectivity index (χ0v) is 13.1. The highest BCUT2D eigenvalue weighted by Gasteiger charge is 2.21. The summed E-state index contributed by atoms with van der Waals surface area (Å²) >= 11 is 2.73. The molecule has 1 aliphatic heterocycles. The number of aliphatic imine (C=N–C) groups is 1. The maximum Gasteiger partial charge on any atom is 0.244 e. The van der Waals surface area contributed by atoms with Gasteiger partial charge < -0.3 is 4.90 Å². The van der Waals surface area contributed by atoms with Crippen molar-refractivity contribution in [2.24, 2.45) is 4.99 Å². The lowest BCUT2D eigenvalue weighted by molar-refractivity contribution is -0.107. The average molecular weight is 304 g/mol. The van der Waals surface area contributed by atoms with E-state index in [1.807, 2.05) is 49.3 Å². The minimum atomic E-state index is 0.00764. The molecule has 0 saturated heterocycles. The number of carbonyl (C=O) groups excluding carboxylic acids is 1. The van der Waals surface area contributed by atoms with Crippen molar-refractivity contribution in [1.29, 1.82) is 0 Å². The quantitative estimate of drug-likeness (QED) is 0.628. The molecule has 1 heterocycles. The van der Waals surface area contributed by atoms with Crippen LogP contribution in [0.2, 0.25) is 0 Å². The average Bonchev–Trinajstić information content (AvgIpc) is 2.77. The second kappa shape index (κ2) is 6.81. The summed E-state index contributed by atoms with van der Waals surface area (Å²) in [6, 6.07) is 8.03. The van der Waals surface area contributed by atoms with Crippen LogP contribution in [0.5, 0.6) is 0 Å². The predicted molar refractivity (Wildman–Crippen MR) is 91.4 cm³/mol. The Bertz CT molecular complexity index is 574. The highest BCUT2D eigenvalue weighted by molar-refractivity contribution is 8.45. The Labute approximate surface area is 127 Å². The van der Waals surface area contributed by atoms with E-state index in [1.54, 1.807) is 6.08 Å². The third-order valence-corrected chi connectivity index (χ3v) is 4.64. The van der Waals surface area contributed by atoms with E-state index in [1.165, 1.54) is 23.5 Å². The van der Waals surface area contributed by atoms with Crippen molar-refractivity contribution in [2.75, 3.05) is 24.7 Å². The Kier molecular flexibility index (Phi) is 5.09. The molecular weight excluding hydrogens is 288 g/mol. The van der Waals surface area contributed by atoms with Crippen molar-refractivity contribution in [1.82, 2.24) is 0 Å². The predicted octanol–water partition coefficient (Wildman–Crippen LogP) is 3.64. The highest BCUT2D eigenvalue weighted by Crippen LogP contribution is 2.31. The van der Waals surface area contributed by atoms with E-state index in [4.69, 9.17) is 0 Å². The van der Waals surface area contributed by atoms with Gasteiger partial charge in [0.25, 0.3) is 0 Å². The molecule has 0 spiro atoms. The SMILES string of the molecule is C=CCSC1=N/C(=C\c2ccc(N(C)C)cc2)C(=O)S1. The zero-order valence-electron chi connectivity index (χ0n) is 11.5. The molecular formula is C15H16N2OS2. The van der Waals surface area contributed by atoms with Crippen LogP contribution in [0.4, 0.5) is 5.69 Å². The summed E-state index contributed by atoms with van der Waals surface area (Å²) in [6.07, 6.45) is 3.64. The van der Waals surface area contributed by atoms with Crippen molar-refractivity contribution in [2.45, 2.75) is 0 Å². The van der Waals surface area contributed by atoms with Gasteiger partial charge in [0.05, 0.1) is 0 Å². The number of thioether (sulfide) groups is 2. The summed E-state index contributed by atoms with van der Waals surface area (Å²) in [4.78, 5) is 18.3. The fourth-order valence-electron chi connectivity index (χ4n) is 1.61. The Balaban J connectivity index is 2.15. The first kappa shape index (κ1) is 14.9. The lowest BCUT2D eigenvalue weighted by atomic mass is 10.1. The van der Waals surface area contributed by atoms with Crippen LogP contribution in [-0.2, 0) is 4.79 Å². The fourth-order valence-corrected chi connectivity index (χ4v) is 3.21. The van der Waals surface area contributed by atoms with Gasteiger partial charge in [-0.1, -0.05) is 30.0 Å². The van der Waals surface area contributed by atoms with Gasteiger partial charge in [0, 0.05) is 25.5 Å². The molecule has 0 saturated carbocycles. The van der Waals surface area contributed by atoms with Crippen LogP contribution >= 0.6 is 23.5 Å². The largest absolute Gasteiger partial charge is 0.378 e. The van der Waals surface area contributed by atoms with Crippen molar-refractivity contribution in [3.8, 4) is 0 Å². The molecule has 0 unspecified atom stereocenters. The van der Waals surface area contributed by atoms with Crippen molar-refractivity contribution < 1.29 is 4.79 Å². The smallest absolute Gasteiger partial charge is 0.244 e. The van der Waals surface area contributed by atoms with Gasteiger partial charge in [0.2, 0.25) is 5.12 Å². The number of carbonyl (C=O) groups is 1. The molecule has 1 aromatic carbocycles. The molecule has 2 rings (SSSR count). The lowest BCUT2D eigenvalue weighted by Gasteiger charge is -2.11. The molecule has 5 heteroatoms. The van der Waals surface area contributed by atoms with Crippen LogP contribution in [0, 0.1) is 0 Å². The van der Waals surface area contributed by atoms with Crippen molar-refractivity contribution >= 4 is 44.8 Å². The van der Waals surface area contributed by atoms with Gasteiger partial charge in [0.1, 0.15) is 10.1 Å². The van der Waals surface area contributed by atoms with Crippen LogP contribution in [0.15, 0.2) is 47.6 Å². The summed E-state index contributed by atoms with van der Waals surface area (Å²) in [7, 11) is 4.00. The van der Waals surface area contributed by atoms with Gasteiger partial charge in [0.15, 0.2) is 0 Å².